The second-order valence-electron chi connectivity index (χ2n) is 6.08. The van der Waals surface area contributed by atoms with Crippen LogP contribution in [-0.4, -0.2) is 31.5 Å². The fourth-order valence-corrected chi connectivity index (χ4v) is 2.98. The molecule has 21 heavy (non-hydrogen) atoms. The van der Waals surface area contributed by atoms with Crippen molar-refractivity contribution < 1.29 is 14.6 Å². The van der Waals surface area contributed by atoms with Crippen LogP contribution in [0.4, 0.5) is 5.69 Å². The third-order valence-electron chi connectivity index (χ3n) is 4.32. The minimum absolute atomic E-state index is 0.00200. The van der Waals surface area contributed by atoms with Crippen LogP contribution in [0.25, 0.3) is 0 Å². The largest absolute Gasteiger partial charge is 0.493 e. The highest BCUT2D eigenvalue weighted by Gasteiger charge is 2.25. The first-order chi connectivity index (χ1) is 10.1. The Bertz CT molecular complexity index is 450. The molecule has 1 fully saturated rings. The van der Waals surface area contributed by atoms with Crippen LogP contribution in [0.3, 0.4) is 0 Å². The summed E-state index contributed by atoms with van der Waals surface area (Å²) in [6.07, 6.45) is 3.82. The van der Waals surface area contributed by atoms with Gasteiger partial charge in [-0.05, 0) is 36.8 Å². The van der Waals surface area contributed by atoms with Gasteiger partial charge in [-0.15, -0.1) is 0 Å². The van der Waals surface area contributed by atoms with E-state index in [1.54, 1.807) is 7.11 Å². The number of hydrogen-bond acceptors (Lipinski definition) is 4. The van der Waals surface area contributed by atoms with Gasteiger partial charge in [0.15, 0.2) is 11.5 Å². The number of benzene rings is 1. The Kier molecular flexibility index (Phi) is 5.74. The average Bonchev–Trinajstić information content (AvgIpc) is 2.49. The van der Waals surface area contributed by atoms with Crippen LogP contribution in [-0.2, 0) is 0 Å². The second kappa shape index (κ2) is 7.55. The van der Waals surface area contributed by atoms with Crippen LogP contribution in [0.15, 0.2) is 18.2 Å². The zero-order chi connectivity index (χ0) is 15.2. The molecule has 0 spiro atoms. The molecular weight excluding hydrogens is 266 g/mol. The van der Waals surface area contributed by atoms with Gasteiger partial charge in [0.2, 0.25) is 0 Å². The van der Waals surface area contributed by atoms with Crippen molar-refractivity contribution in [2.24, 2.45) is 11.8 Å². The van der Waals surface area contributed by atoms with Crippen molar-refractivity contribution in [3.8, 4) is 11.5 Å². The SMILES string of the molecule is COc1ccc(NC2CC(C)CCC2C)cc1OCCO. The smallest absolute Gasteiger partial charge is 0.163 e. The highest BCUT2D eigenvalue weighted by Crippen LogP contribution is 2.34. The highest BCUT2D eigenvalue weighted by molar-refractivity contribution is 5.55. The monoisotopic (exact) mass is 293 g/mol. The fourth-order valence-electron chi connectivity index (χ4n) is 2.98. The quantitative estimate of drug-likeness (QED) is 0.845. The van der Waals surface area contributed by atoms with Crippen LogP contribution >= 0.6 is 0 Å². The summed E-state index contributed by atoms with van der Waals surface area (Å²) in [5.41, 5.74) is 1.05. The van der Waals surface area contributed by atoms with Gasteiger partial charge in [-0.2, -0.15) is 0 Å². The minimum Gasteiger partial charge on any atom is -0.493 e. The Hall–Kier alpha value is -1.42. The van der Waals surface area contributed by atoms with E-state index in [1.165, 1.54) is 19.3 Å². The second-order valence-corrected chi connectivity index (χ2v) is 6.08. The van der Waals surface area contributed by atoms with Crippen LogP contribution in [0.5, 0.6) is 11.5 Å². The molecule has 0 radical (unpaired) electrons. The van der Waals surface area contributed by atoms with Crippen molar-refractivity contribution in [1.82, 2.24) is 0 Å². The molecule has 1 aliphatic carbocycles. The number of rotatable bonds is 6. The first kappa shape index (κ1) is 16.0. The van der Waals surface area contributed by atoms with E-state index in [1.807, 2.05) is 18.2 Å². The van der Waals surface area contributed by atoms with Gasteiger partial charge < -0.3 is 19.9 Å². The van der Waals surface area contributed by atoms with Crippen molar-refractivity contribution in [3.63, 3.8) is 0 Å². The molecule has 0 bridgehead atoms. The number of aliphatic hydroxyl groups excluding tert-OH is 1. The standard InChI is InChI=1S/C17H27NO3/c1-12-4-5-13(2)15(10-12)18-14-6-7-16(20-3)17(11-14)21-9-8-19/h6-7,11-13,15,18-19H,4-5,8-10H2,1-3H3. The van der Waals surface area contributed by atoms with E-state index in [4.69, 9.17) is 14.6 Å². The molecule has 1 aromatic carbocycles. The number of methoxy groups -OCH3 is 1. The number of aliphatic hydroxyl groups is 1. The lowest BCUT2D eigenvalue weighted by atomic mass is 9.80. The maximum Gasteiger partial charge on any atom is 0.163 e. The molecule has 2 rings (SSSR count). The topological polar surface area (TPSA) is 50.7 Å². The number of ether oxygens (including phenoxy) is 2. The first-order valence-electron chi connectivity index (χ1n) is 7.82. The Morgan fingerprint density at radius 1 is 1.24 bits per heavy atom. The van der Waals surface area contributed by atoms with E-state index in [9.17, 15) is 0 Å². The lowest BCUT2D eigenvalue weighted by Gasteiger charge is -2.34. The molecule has 2 N–H and O–H groups in total. The normalized spacial score (nSPS) is 25.4. The zero-order valence-electron chi connectivity index (χ0n) is 13.3. The van der Waals surface area contributed by atoms with E-state index in [-0.39, 0.29) is 13.2 Å². The van der Waals surface area contributed by atoms with Gasteiger partial charge in [0.05, 0.1) is 13.7 Å². The lowest BCUT2D eigenvalue weighted by molar-refractivity contribution is 0.196. The van der Waals surface area contributed by atoms with Gasteiger partial charge in [0, 0.05) is 17.8 Å². The number of nitrogens with one attached hydrogen (secondary N) is 1. The van der Waals surface area contributed by atoms with Crippen molar-refractivity contribution in [1.29, 1.82) is 0 Å². The maximum atomic E-state index is 8.90. The summed E-state index contributed by atoms with van der Waals surface area (Å²) in [6, 6.07) is 6.40. The number of hydrogen-bond donors (Lipinski definition) is 2. The van der Waals surface area contributed by atoms with E-state index >= 15 is 0 Å². The minimum atomic E-state index is -0.00200. The van der Waals surface area contributed by atoms with Crippen LogP contribution in [0, 0.1) is 11.8 Å². The molecule has 0 aromatic heterocycles. The molecule has 1 saturated carbocycles. The summed E-state index contributed by atoms with van der Waals surface area (Å²) in [5, 5.41) is 12.5. The van der Waals surface area contributed by atoms with Gasteiger partial charge in [0.25, 0.3) is 0 Å². The molecule has 1 aromatic rings. The van der Waals surface area contributed by atoms with Crippen molar-refractivity contribution in [3.05, 3.63) is 18.2 Å². The lowest BCUT2D eigenvalue weighted by Crippen LogP contribution is -2.33. The summed E-state index contributed by atoms with van der Waals surface area (Å²) in [7, 11) is 1.62. The summed E-state index contributed by atoms with van der Waals surface area (Å²) in [4.78, 5) is 0. The molecule has 0 saturated heterocycles. The Morgan fingerprint density at radius 3 is 2.76 bits per heavy atom. The van der Waals surface area contributed by atoms with Crippen LogP contribution in [0.2, 0.25) is 0 Å². The van der Waals surface area contributed by atoms with Gasteiger partial charge in [-0.1, -0.05) is 20.3 Å². The summed E-state index contributed by atoms with van der Waals surface area (Å²) < 4.78 is 10.8. The molecule has 3 atom stereocenters. The van der Waals surface area contributed by atoms with Crippen molar-refractivity contribution >= 4 is 5.69 Å². The molecule has 1 aliphatic rings. The molecule has 0 heterocycles. The van der Waals surface area contributed by atoms with Crippen molar-refractivity contribution in [2.75, 3.05) is 25.6 Å². The predicted molar refractivity (Wildman–Crippen MR) is 85.2 cm³/mol. The van der Waals surface area contributed by atoms with E-state index in [0.717, 1.165) is 11.6 Å². The number of anilines is 1. The Labute approximate surface area is 127 Å². The third-order valence-corrected chi connectivity index (χ3v) is 4.32. The first-order valence-corrected chi connectivity index (χ1v) is 7.82. The summed E-state index contributed by atoms with van der Waals surface area (Å²) >= 11 is 0. The van der Waals surface area contributed by atoms with Gasteiger partial charge in [-0.25, -0.2) is 0 Å². The molecule has 0 amide bonds. The highest BCUT2D eigenvalue weighted by atomic mass is 16.5. The zero-order valence-corrected chi connectivity index (χ0v) is 13.3. The van der Waals surface area contributed by atoms with Gasteiger partial charge in [0.1, 0.15) is 6.61 Å². The molecule has 4 nitrogen and oxygen atoms in total. The van der Waals surface area contributed by atoms with Crippen LogP contribution in [0.1, 0.15) is 33.1 Å². The van der Waals surface area contributed by atoms with Gasteiger partial charge >= 0.3 is 0 Å². The molecular formula is C17H27NO3. The molecule has 3 unspecified atom stereocenters. The fraction of sp³-hybridized carbons (Fsp3) is 0.647. The summed E-state index contributed by atoms with van der Waals surface area (Å²) in [6.45, 7) is 4.91. The third kappa shape index (κ3) is 4.27. The molecule has 118 valence electrons. The Morgan fingerprint density at radius 2 is 2.05 bits per heavy atom. The predicted octanol–water partition coefficient (Wildman–Crippen LogP) is 3.30. The Balaban J connectivity index is 2.08. The molecule has 4 heteroatoms. The van der Waals surface area contributed by atoms with E-state index in [0.29, 0.717) is 23.5 Å². The maximum absolute atomic E-state index is 8.90. The average molecular weight is 293 g/mol. The van der Waals surface area contributed by atoms with Crippen LogP contribution < -0.4 is 14.8 Å². The van der Waals surface area contributed by atoms with Crippen molar-refractivity contribution in [2.45, 2.75) is 39.2 Å². The molecule has 0 aliphatic heterocycles. The summed E-state index contributed by atoms with van der Waals surface area (Å²) in [5.74, 6) is 2.83. The van der Waals surface area contributed by atoms with E-state index in [2.05, 4.69) is 19.2 Å². The van der Waals surface area contributed by atoms with E-state index < -0.39 is 0 Å². The van der Waals surface area contributed by atoms with Gasteiger partial charge in [-0.3, -0.25) is 0 Å².